The van der Waals surface area contributed by atoms with Gasteiger partial charge in [-0.05, 0) is 19.1 Å². The number of aromatic nitrogens is 1. The summed E-state index contributed by atoms with van der Waals surface area (Å²) in [5.41, 5.74) is 1.31. The number of hydrogen-bond acceptors (Lipinski definition) is 2. The highest BCUT2D eigenvalue weighted by molar-refractivity contribution is 9.10. The minimum absolute atomic E-state index is 0.465. The van der Waals surface area contributed by atoms with Crippen LogP contribution in [0.5, 0.6) is 0 Å². The molecule has 1 aromatic rings. The monoisotopic (exact) mass is 199 g/mol. The van der Waals surface area contributed by atoms with Crippen LogP contribution in [0.4, 0.5) is 0 Å². The molecule has 0 bridgehead atoms. The lowest BCUT2D eigenvalue weighted by molar-refractivity contribution is 0.111. The van der Waals surface area contributed by atoms with E-state index < -0.39 is 0 Å². The van der Waals surface area contributed by atoms with Gasteiger partial charge in [0.1, 0.15) is 5.69 Å². The number of halogens is 1. The molecule has 0 aliphatic rings. The van der Waals surface area contributed by atoms with Crippen molar-refractivity contribution in [2.45, 2.75) is 6.92 Å². The first-order valence-electron chi connectivity index (χ1n) is 2.82. The first kappa shape index (κ1) is 7.41. The van der Waals surface area contributed by atoms with Crippen LogP contribution in [0, 0.1) is 6.92 Å². The lowest BCUT2D eigenvalue weighted by Crippen LogP contribution is -1.88. The van der Waals surface area contributed by atoms with Gasteiger partial charge in [-0.2, -0.15) is 0 Å². The molecule has 0 spiro atoms. The third kappa shape index (κ3) is 1.64. The Labute approximate surface area is 67.4 Å². The molecule has 1 heterocycles. The van der Waals surface area contributed by atoms with Gasteiger partial charge in [0.25, 0.3) is 0 Å². The van der Waals surface area contributed by atoms with Crippen LogP contribution < -0.4 is 0 Å². The average molecular weight is 200 g/mol. The predicted octanol–water partition coefficient (Wildman–Crippen LogP) is 1.97. The van der Waals surface area contributed by atoms with Crippen LogP contribution in [0.1, 0.15) is 16.2 Å². The molecule has 0 unspecified atom stereocenters. The van der Waals surface area contributed by atoms with E-state index >= 15 is 0 Å². The summed E-state index contributed by atoms with van der Waals surface area (Å²) in [7, 11) is 0. The molecule has 0 aliphatic heterocycles. The Balaban J connectivity index is 3.18. The van der Waals surface area contributed by atoms with E-state index in [0.29, 0.717) is 5.69 Å². The molecular weight excluding hydrogens is 194 g/mol. The fourth-order valence-corrected chi connectivity index (χ4v) is 1.28. The summed E-state index contributed by atoms with van der Waals surface area (Å²) in [6.07, 6.45) is 0.734. The molecule has 0 radical (unpaired) electrons. The Morgan fingerprint density at radius 3 is 2.80 bits per heavy atom. The van der Waals surface area contributed by atoms with Crippen molar-refractivity contribution in [3.63, 3.8) is 0 Å². The van der Waals surface area contributed by atoms with Crippen LogP contribution in [0.25, 0.3) is 0 Å². The SMILES string of the molecule is Cc1cc(Br)cc(C=O)n1. The maximum absolute atomic E-state index is 10.2. The van der Waals surface area contributed by atoms with Gasteiger partial charge < -0.3 is 0 Å². The zero-order chi connectivity index (χ0) is 7.56. The molecule has 0 aromatic carbocycles. The maximum Gasteiger partial charge on any atom is 0.168 e. The van der Waals surface area contributed by atoms with Crippen molar-refractivity contribution in [2.24, 2.45) is 0 Å². The highest BCUT2D eigenvalue weighted by Crippen LogP contribution is 2.10. The van der Waals surface area contributed by atoms with Gasteiger partial charge in [-0.25, -0.2) is 0 Å². The summed E-state index contributed by atoms with van der Waals surface area (Å²) >= 11 is 3.25. The predicted molar refractivity (Wildman–Crippen MR) is 42.1 cm³/mol. The Kier molecular flexibility index (Phi) is 2.17. The molecule has 3 heteroatoms. The quantitative estimate of drug-likeness (QED) is 0.648. The summed E-state index contributed by atoms with van der Waals surface area (Å²) in [6.45, 7) is 1.84. The summed E-state index contributed by atoms with van der Waals surface area (Å²) in [6, 6.07) is 3.53. The Hall–Kier alpha value is -0.700. The van der Waals surface area contributed by atoms with E-state index in [-0.39, 0.29) is 0 Å². The summed E-state index contributed by atoms with van der Waals surface area (Å²) in [5, 5.41) is 0. The van der Waals surface area contributed by atoms with Crippen molar-refractivity contribution >= 4 is 22.2 Å². The summed E-state index contributed by atoms with van der Waals surface area (Å²) in [5.74, 6) is 0. The van der Waals surface area contributed by atoms with E-state index in [9.17, 15) is 4.79 Å². The minimum atomic E-state index is 0.465. The van der Waals surface area contributed by atoms with Gasteiger partial charge in [0.15, 0.2) is 6.29 Å². The van der Waals surface area contributed by atoms with Crippen LogP contribution in [-0.2, 0) is 0 Å². The van der Waals surface area contributed by atoms with Gasteiger partial charge in [-0.15, -0.1) is 0 Å². The molecular formula is C7H6BrNO. The van der Waals surface area contributed by atoms with Crippen molar-refractivity contribution in [2.75, 3.05) is 0 Å². The van der Waals surface area contributed by atoms with Gasteiger partial charge in [-0.3, -0.25) is 9.78 Å². The van der Waals surface area contributed by atoms with Crippen molar-refractivity contribution < 1.29 is 4.79 Å². The van der Waals surface area contributed by atoms with Crippen LogP contribution in [0.3, 0.4) is 0 Å². The lowest BCUT2D eigenvalue weighted by Gasteiger charge is -1.94. The number of rotatable bonds is 1. The molecule has 1 aromatic heterocycles. The molecule has 52 valence electrons. The van der Waals surface area contributed by atoms with Crippen LogP contribution >= 0.6 is 15.9 Å². The lowest BCUT2D eigenvalue weighted by atomic mass is 10.3. The Morgan fingerprint density at radius 1 is 1.60 bits per heavy atom. The number of aryl methyl sites for hydroxylation is 1. The molecule has 0 fully saturated rings. The van der Waals surface area contributed by atoms with Gasteiger partial charge in [0.05, 0.1) is 0 Å². The summed E-state index contributed by atoms with van der Waals surface area (Å²) in [4.78, 5) is 14.2. The van der Waals surface area contributed by atoms with Crippen LogP contribution in [-0.4, -0.2) is 11.3 Å². The van der Waals surface area contributed by atoms with Gasteiger partial charge >= 0.3 is 0 Å². The molecule has 0 atom stereocenters. The number of carbonyl (C=O) groups excluding carboxylic acids is 1. The smallest absolute Gasteiger partial charge is 0.168 e. The van der Waals surface area contributed by atoms with Crippen LogP contribution in [0.15, 0.2) is 16.6 Å². The number of hydrogen-bond donors (Lipinski definition) is 0. The highest BCUT2D eigenvalue weighted by atomic mass is 79.9. The molecule has 2 nitrogen and oxygen atoms in total. The second-order valence-corrected chi connectivity index (χ2v) is 2.89. The summed E-state index contributed by atoms with van der Waals surface area (Å²) < 4.78 is 0.891. The zero-order valence-electron chi connectivity index (χ0n) is 5.47. The number of nitrogens with zero attached hydrogens (tertiary/aromatic N) is 1. The molecule has 0 N–H and O–H groups in total. The standard InChI is InChI=1S/C7H6BrNO/c1-5-2-6(8)3-7(4-10)9-5/h2-4H,1H3. The fraction of sp³-hybridized carbons (Fsp3) is 0.143. The van der Waals surface area contributed by atoms with Crippen molar-refractivity contribution in [1.82, 2.24) is 4.98 Å². The normalized spacial score (nSPS) is 9.40. The van der Waals surface area contributed by atoms with E-state index in [4.69, 9.17) is 0 Å². The highest BCUT2D eigenvalue weighted by Gasteiger charge is 1.94. The topological polar surface area (TPSA) is 30.0 Å². The largest absolute Gasteiger partial charge is 0.296 e. The van der Waals surface area contributed by atoms with E-state index in [0.717, 1.165) is 16.5 Å². The third-order valence-corrected chi connectivity index (χ3v) is 1.52. The zero-order valence-corrected chi connectivity index (χ0v) is 7.05. The molecule has 0 amide bonds. The molecule has 1 rings (SSSR count). The fourth-order valence-electron chi connectivity index (χ4n) is 0.711. The first-order chi connectivity index (χ1) is 4.72. The average Bonchev–Trinajstić information content (AvgIpc) is 1.85. The van der Waals surface area contributed by atoms with Crippen molar-refractivity contribution in [3.8, 4) is 0 Å². The van der Waals surface area contributed by atoms with E-state index in [1.807, 2.05) is 13.0 Å². The molecule has 0 saturated carbocycles. The van der Waals surface area contributed by atoms with Crippen molar-refractivity contribution in [3.05, 3.63) is 28.0 Å². The Morgan fingerprint density at radius 2 is 2.30 bits per heavy atom. The number of aldehydes is 1. The molecule has 10 heavy (non-hydrogen) atoms. The number of pyridine rings is 1. The Bertz CT molecular complexity index is 240. The van der Waals surface area contributed by atoms with Crippen LogP contribution in [0.2, 0.25) is 0 Å². The van der Waals surface area contributed by atoms with Gasteiger partial charge in [-0.1, -0.05) is 15.9 Å². The van der Waals surface area contributed by atoms with Gasteiger partial charge in [0.2, 0.25) is 0 Å². The van der Waals surface area contributed by atoms with E-state index in [1.165, 1.54) is 0 Å². The van der Waals surface area contributed by atoms with Gasteiger partial charge in [0, 0.05) is 10.2 Å². The molecule has 0 saturated heterocycles. The number of carbonyl (C=O) groups is 1. The van der Waals surface area contributed by atoms with E-state index in [2.05, 4.69) is 20.9 Å². The second kappa shape index (κ2) is 2.92. The first-order valence-corrected chi connectivity index (χ1v) is 3.61. The third-order valence-electron chi connectivity index (χ3n) is 1.06. The minimum Gasteiger partial charge on any atom is -0.296 e. The second-order valence-electron chi connectivity index (χ2n) is 1.97. The van der Waals surface area contributed by atoms with E-state index in [1.54, 1.807) is 6.07 Å². The molecule has 0 aliphatic carbocycles. The van der Waals surface area contributed by atoms with Crippen molar-refractivity contribution in [1.29, 1.82) is 0 Å². The maximum atomic E-state index is 10.2.